The van der Waals surface area contributed by atoms with Gasteiger partial charge in [0.25, 0.3) is 0 Å². The van der Waals surface area contributed by atoms with Gasteiger partial charge in [-0.3, -0.25) is 14.3 Å². The smallest absolute Gasteiger partial charge is 0.226 e. The lowest BCUT2D eigenvalue weighted by molar-refractivity contribution is -0.143. The first-order valence-electron chi connectivity index (χ1n) is 13.2. The summed E-state index contributed by atoms with van der Waals surface area (Å²) in [6.07, 6.45) is 7.35. The van der Waals surface area contributed by atoms with Crippen LogP contribution < -0.4 is 4.74 Å². The van der Waals surface area contributed by atoms with Gasteiger partial charge >= 0.3 is 0 Å². The first-order valence-corrected chi connectivity index (χ1v) is 13.6. The number of hydrogen-bond acceptors (Lipinski definition) is 5. The van der Waals surface area contributed by atoms with Crippen LogP contribution in [0, 0.1) is 17.8 Å². The Balaban J connectivity index is 1.50. The van der Waals surface area contributed by atoms with Gasteiger partial charge in [-0.2, -0.15) is 0 Å². The maximum Gasteiger partial charge on any atom is 0.226 e. The molecule has 9 heteroatoms. The normalized spacial score (nSPS) is 26.3. The summed E-state index contributed by atoms with van der Waals surface area (Å²) in [6.45, 7) is 6.35. The molecule has 3 heterocycles. The number of aromatic nitrogens is 3. The summed E-state index contributed by atoms with van der Waals surface area (Å²) >= 11 is 6.70. The predicted octanol–water partition coefficient (Wildman–Crippen LogP) is 4.17. The summed E-state index contributed by atoms with van der Waals surface area (Å²) in [7, 11) is 1.82. The number of benzene rings is 1. The monoisotopic (exact) mass is 513 g/mol. The van der Waals surface area contributed by atoms with Gasteiger partial charge in [-0.15, -0.1) is 5.10 Å². The fourth-order valence-corrected chi connectivity index (χ4v) is 6.48. The van der Waals surface area contributed by atoms with Crippen LogP contribution in [-0.2, 0) is 29.7 Å². The van der Waals surface area contributed by atoms with Crippen molar-refractivity contribution in [1.82, 2.24) is 24.8 Å². The number of fused-ring (bicyclic) bond motifs is 1. The van der Waals surface area contributed by atoms with Gasteiger partial charge in [-0.05, 0) is 48.8 Å². The highest BCUT2D eigenvalue weighted by molar-refractivity contribution is 6.31. The average Bonchev–Trinajstić information content (AvgIpc) is 3.42. The van der Waals surface area contributed by atoms with E-state index in [-0.39, 0.29) is 30.4 Å². The fourth-order valence-electron chi connectivity index (χ4n) is 6.22. The Labute approximate surface area is 217 Å². The maximum atomic E-state index is 14.0. The van der Waals surface area contributed by atoms with Gasteiger partial charge in [0.2, 0.25) is 11.8 Å². The molecule has 3 aliphatic rings. The highest BCUT2D eigenvalue weighted by Gasteiger charge is 2.41. The molecule has 36 heavy (non-hydrogen) atoms. The summed E-state index contributed by atoms with van der Waals surface area (Å²) in [6, 6.07) is 3.46. The third-order valence-electron chi connectivity index (χ3n) is 8.11. The van der Waals surface area contributed by atoms with Crippen LogP contribution in [0.5, 0.6) is 5.75 Å². The van der Waals surface area contributed by atoms with E-state index in [0.717, 1.165) is 36.1 Å². The largest absolute Gasteiger partial charge is 0.487 e. The van der Waals surface area contributed by atoms with Gasteiger partial charge in [0.15, 0.2) is 0 Å². The molecule has 0 bridgehead atoms. The second kappa shape index (κ2) is 10.4. The number of likely N-dealkylation sites (tertiary alicyclic amines) is 1. The molecule has 2 fully saturated rings. The minimum absolute atomic E-state index is 0.0270. The molecule has 2 amide bonds. The Morgan fingerprint density at radius 2 is 2.03 bits per heavy atom. The predicted molar refractivity (Wildman–Crippen MR) is 136 cm³/mol. The van der Waals surface area contributed by atoms with Crippen molar-refractivity contribution in [3.05, 3.63) is 40.2 Å². The van der Waals surface area contributed by atoms with E-state index in [1.165, 1.54) is 6.42 Å². The number of rotatable bonds is 6. The molecule has 194 valence electrons. The summed E-state index contributed by atoms with van der Waals surface area (Å²) < 4.78 is 7.92. The van der Waals surface area contributed by atoms with Crippen LogP contribution in [0.25, 0.3) is 0 Å². The van der Waals surface area contributed by atoms with E-state index in [1.54, 1.807) is 4.68 Å². The number of nitrogens with zero attached hydrogens (tertiary/aromatic N) is 5. The van der Waals surface area contributed by atoms with Crippen molar-refractivity contribution in [3.63, 3.8) is 0 Å². The Morgan fingerprint density at radius 3 is 2.72 bits per heavy atom. The third kappa shape index (κ3) is 4.97. The summed E-state index contributed by atoms with van der Waals surface area (Å²) in [5.41, 5.74) is 2.67. The van der Waals surface area contributed by atoms with Crippen molar-refractivity contribution in [3.8, 4) is 5.75 Å². The molecule has 8 nitrogen and oxygen atoms in total. The van der Waals surface area contributed by atoms with Crippen molar-refractivity contribution < 1.29 is 14.3 Å². The van der Waals surface area contributed by atoms with E-state index in [0.29, 0.717) is 55.1 Å². The van der Waals surface area contributed by atoms with Crippen LogP contribution in [0.4, 0.5) is 0 Å². The van der Waals surface area contributed by atoms with Gasteiger partial charge in [0, 0.05) is 49.6 Å². The molecule has 5 rings (SSSR count). The zero-order valence-electron chi connectivity index (χ0n) is 21.5. The van der Waals surface area contributed by atoms with E-state index < -0.39 is 0 Å². The third-order valence-corrected chi connectivity index (χ3v) is 8.46. The molecule has 0 N–H and O–H groups in total. The van der Waals surface area contributed by atoms with Crippen molar-refractivity contribution in [2.75, 3.05) is 19.6 Å². The standard InChI is InChI=1S/C27H36ClN5O3/c1-17-12-25(34)32(13-17)15-23-26-21(10-11-33(23)27(35)20-7-5-4-6-18(20)2)22(28)8-9-24(26)36-16-19-14-31(3)30-29-19/h8-9,14,17-18,20,23H,4-7,10-13,15-16H2,1-3H3/t17-,18+,20-,23-/m1/s1. The second-order valence-electron chi connectivity index (χ2n) is 10.9. The molecule has 4 atom stereocenters. The number of carbonyl (C=O) groups is 2. The number of halogens is 1. The van der Waals surface area contributed by atoms with E-state index in [2.05, 4.69) is 24.2 Å². The number of ether oxygens (including phenoxy) is 1. The Morgan fingerprint density at radius 1 is 1.22 bits per heavy atom. The van der Waals surface area contributed by atoms with Crippen LogP contribution in [0.2, 0.25) is 5.02 Å². The minimum Gasteiger partial charge on any atom is -0.487 e. The quantitative estimate of drug-likeness (QED) is 0.579. The second-order valence-corrected chi connectivity index (χ2v) is 11.3. The lowest BCUT2D eigenvalue weighted by Crippen LogP contribution is -2.49. The van der Waals surface area contributed by atoms with Gasteiger partial charge in [0.05, 0.1) is 12.2 Å². The van der Waals surface area contributed by atoms with Crippen LogP contribution in [0.15, 0.2) is 18.3 Å². The molecular weight excluding hydrogens is 478 g/mol. The number of aryl methyl sites for hydroxylation is 1. The molecule has 0 spiro atoms. The van der Waals surface area contributed by atoms with Gasteiger partial charge < -0.3 is 14.5 Å². The fraction of sp³-hybridized carbons (Fsp3) is 0.630. The van der Waals surface area contributed by atoms with E-state index >= 15 is 0 Å². The topological polar surface area (TPSA) is 80.6 Å². The Kier molecular flexibility index (Phi) is 7.24. The van der Waals surface area contributed by atoms with Crippen molar-refractivity contribution in [2.24, 2.45) is 24.8 Å². The SMILES string of the molecule is C[C@@H]1CC(=O)N(C[C@@H]2c3c(OCc4cn(C)nn4)ccc(Cl)c3CCN2C(=O)[C@@H]2CCCC[C@@H]2C)C1. The lowest BCUT2D eigenvalue weighted by atomic mass is 9.78. The molecule has 0 radical (unpaired) electrons. The van der Waals surface area contributed by atoms with Crippen LogP contribution >= 0.6 is 11.6 Å². The minimum atomic E-state index is -0.291. The van der Waals surface area contributed by atoms with E-state index in [1.807, 2.05) is 35.2 Å². The highest BCUT2D eigenvalue weighted by atomic mass is 35.5. The molecule has 1 saturated heterocycles. The number of amides is 2. The summed E-state index contributed by atoms with van der Waals surface area (Å²) in [5, 5.41) is 8.81. The van der Waals surface area contributed by atoms with Gasteiger partial charge in [-0.25, -0.2) is 0 Å². The molecule has 1 aliphatic carbocycles. The van der Waals surface area contributed by atoms with E-state index in [9.17, 15) is 9.59 Å². The van der Waals surface area contributed by atoms with Crippen molar-refractivity contribution in [1.29, 1.82) is 0 Å². The van der Waals surface area contributed by atoms with Gasteiger partial charge in [-0.1, -0.05) is 43.5 Å². The van der Waals surface area contributed by atoms with Crippen LogP contribution in [0.1, 0.15) is 68.8 Å². The first kappa shape index (κ1) is 25.1. The highest BCUT2D eigenvalue weighted by Crippen LogP contribution is 2.43. The first-order chi connectivity index (χ1) is 17.3. The molecule has 2 aromatic rings. The van der Waals surface area contributed by atoms with Crippen molar-refractivity contribution in [2.45, 2.75) is 65.0 Å². The Bertz CT molecular complexity index is 1130. The van der Waals surface area contributed by atoms with Crippen molar-refractivity contribution >= 4 is 23.4 Å². The molecule has 0 unspecified atom stereocenters. The molecule has 2 aliphatic heterocycles. The Hall–Kier alpha value is -2.61. The van der Waals surface area contributed by atoms with Crippen LogP contribution in [0.3, 0.4) is 0 Å². The summed E-state index contributed by atoms with van der Waals surface area (Å²) in [4.78, 5) is 30.8. The lowest BCUT2D eigenvalue weighted by Gasteiger charge is -2.43. The average molecular weight is 514 g/mol. The number of carbonyl (C=O) groups excluding carboxylic acids is 2. The zero-order valence-corrected chi connectivity index (χ0v) is 22.2. The zero-order chi connectivity index (χ0) is 25.4. The molecule has 1 aromatic heterocycles. The van der Waals surface area contributed by atoms with E-state index in [4.69, 9.17) is 16.3 Å². The molecule has 1 saturated carbocycles. The molecule has 1 aromatic carbocycles. The maximum absolute atomic E-state index is 14.0. The van der Waals surface area contributed by atoms with Crippen LogP contribution in [-0.4, -0.2) is 56.2 Å². The molecular formula is C27H36ClN5O3. The van der Waals surface area contributed by atoms with Gasteiger partial charge in [0.1, 0.15) is 18.1 Å². The number of hydrogen-bond donors (Lipinski definition) is 0. The summed E-state index contributed by atoms with van der Waals surface area (Å²) in [5.74, 6) is 1.76.